The summed E-state index contributed by atoms with van der Waals surface area (Å²) in [6.07, 6.45) is -3.69. The molecule has 0 aromatic heterocycles. The molecule has 1 atom stereocenters. The van der Waals surface area contributed by atoms with E-state index in [0.717, 1.165) is 23.6 Å². The Bertz CT molecular complexity index is 951. The first kappa shape index (κ1) is 26.9. The highest BCUT2D eigenvalue weighted by molar-refractivity contribution is 5.84. The summed E-state index contributed by atoms with van der Waals surface area (Å²) in [6.45, 7) is 8.28. The minimum Gasteiger partial charge on any atom is -0.482 e. The first-order valence-corrected chi connectivity index (χ1v) is 10.9. The van der Waals surface area contributed by atoms with Gasteiger partial charge < -0.3 is 9.47 Å². The molecule has 0 spiro atoms. The van der Waals surface area contributed by atoms with Crippen molar-refractivity contribution in [3.8, 4) is 5.75 Å². The second-order valence-electron chi connectivity index (χ2n) is 9.44. The molecule has 2 rings (SSSR count). The van der Waals surface area contributed by atoms with E-state index >= 15 is 0 Å². The molecule has 0 bridgehead atoms. The number of fused-ring (bicyclic) bond motifs is 1. The minimum absolute atomic E-state index is 0.129. The Labute approximate surface area is 191 Å². The molecule has 0 saturated carbocycles. The third-order valence-electron chi connectivity index (χ3n) is 5.99. The highest BCUT2D eigenvalue weighted by atomic mass is 19.4. The van der Waals surface area contributed by atoms with Crippen molar-refractivity contribution >= 4 is 16.7 Å². The molecule has 1 unspecified atom stereocenters. The summed E-state index contributed by atoms with van der Waals surface area (Å²) in [5.74, 6) is -5.21. The zero-order valence-electron chi connectivity index (χ0n) is 19.6. The third-order valence-corrected chi connectivity index (χ3v) is 5.99. The second kappa shape index (κ2) is 10.3. The molecule has 3 nitrogen and oxygen atoms in total. The smallest absolute Gasteiger partial charge is 0.456 e. The number of esters is 1. The fourth-order valence-electron chi connectivity index (χ4n) is 3.61. The van der Waals surface area contributed by atoms with E-state index in [1.807, 2.05) is 12.1 Å². The summed E-state index contributed by atoms with van der Waals surface area (Å²) in [5, 5.41) is 1.83. The van der Waals surface area contributed by atoms with Crippen molar-refractivity contribution in [3.63, 3.8) is 0 Å². The van der Waals surface area contributed by atoms with E-state index in [1.165, 1.54) is 5.56 Å². The maximum atomic E-state index is 12.8. The monoisotopic (exact) mass is 474 g/mol. The molecule has 0 saturated heterocycles. The molecule has 0 fully saturated rings. The van der Waals surface area contributed by atoms with Gasteiger partial charge in [-0.1, -0.05) is 65.3 Å². The van der Waals surface area contributed by atoms with E-state index in [0.29, 0.717) is 11.8 Å². The maximum Gasteiger partial charge on any atom is 0.456 e. The quantitative estimate of drug-likeness (QED) is 0.264. The Balaban J connectivity index is 2.09. The van der Waals surface area contributed by atoms with E-state index < -0.39 is 31.3 Å². The minimum atomic E-state index is -5.79. The summed E-state index contributed by atoms with van der Waals surface area (Å²) in [5.41, 5.74) is 1.37. The average molecular weight is 475 g/mol. The molecule has 0 N–H and O–H groups in total. The molecule has 2 aromatic carbocycles. The number of benzene rings is 2. The highest BCUT2D eigenvalue weighted by Gasteiger charge is 2.58. The van der Waals surface area contributed by atoms with Crippen molar-refractivity contribution in [2.24, 2.45) is 11.3 Å². The molecule has 0 aliphatic heterocycles. The van der Waals surface area contributed by atoms with Gasteiger partial charge in [-0.15, -0.1) is 0 Å². The lowest BCUT2D eigenvalue weighted by Crippen LogP contribution is -2.41. The number of carbonyl (C=O) groups is 1. The van der Waals surface area contributed by atoms with Gasteiger partial charge in [0, 0.05) is 0 Å². The zero-order valence-corrected chi connectivity index (χ0v) is 19.6. The van der Waals surface area contributed by atoms with Crippen molar-refractivity contribution < 1.29 is 36.2 Å². The van der Waals surface area contributed by atoms with E-state index in [4.69, 9.17) is 4.74 Å². The van der Waals surface area contributed by atoms with Crippen LogP contribution in [0.25, 0.3) is 10.8 Å². The van der Waals surface area contributed by atoms with Gasteiger partial charge in [0.25, 0.3) is 0 Å². The molecule has 184 valence electrons. The van der Waals surface area contributed by atoms with Crippen LogP contribution in [0.15, 0.2) is 36.4 Å². The Hall–Kier alpha value is -2.38. The lowest BCUT2D eigenvalue weighted by molar-refractivity contribution is -0.294. The van der Waals surface area contributed by atoms with Crippen molar-refractivity contribution in [2.45, 2.75) is 65.5 Å². The molecule has 0 aliphatic carbocycles. The molecule has 33 heavy (non-hydrogen) atoms. The van der Waals surface area contributed by atoms with Crippen molar-refractivity contribution in [1.82, 2.24) is 0 Å². The summed E-state index contributed by atoms with van der Waals surface area (Å²) in [4.78, 5) is 11.5. The number of hydrogen-bond acceptors (Lipinski definition) is 3. The average Bonchev–Trinajstić information content (AvgIpc) is 2.73. The fourth-order valence-corrected chi connectivity index (χ4v) is 3.61. The van der Waals surface area contributed by atoms with Crippen LogP contribution in [-0.2, 0) is 9.53 Å². The van der Waals surface area contributed by atoms with E-state index in [-0.39, 0.29) is 11.2 Å². The number of hydrogen-bond donors (Lipinski definition) is 0. The largest absolute Gasteiger partial charge is 0.482 e. The van der Waals surface area contributed by atoms with Crippen LogP contribution in [0.4, 0.5) is 22.0 Å². The lowest BCUT2D eigenvalue weighted by atomic mass is 9.69. The molecule has 8 heteroatoms. The Morgan fingerprint density at radius 2 is 1.58 bits per heavy atom. The first-order valence-electron chi connectivity index (χ1n) is 10.9. The predicted octanol–water partition coefficient (Wildman–Crippen LogP) is 7.53. The van der Waals surface area contributed by atoms with E-state index in [2.05, 4.69) is 51.5 Å². The highest BCUT2D eigenvalue weighted by Crippen LogP contribution is 2.43. The van der Waals surface area contributed by atoms with Gasteiger partial charge in [-0.05, 0) is 52.1 Å². The van der Waals surface area contributed by atoms with Crippen molar-refractivity contribution in [1.29, 1.82) is 0 Å². The summed E-state index contributed by atoms with van der Waals surface area (Å²) in [6, 6.07) is 11.3. The van der Waals surface area contributed by atoms with Crippen LogP contribution >= 0.6 is 0 Å². The van der Waals surface area contributed by atoms with Crippen LogP contribution in [0.3, 0.4) is 0 Å². The normalized spacial score (nSPS) is 13.9. The standard InChI is InChI=1S/C25H31F5O3/c1-6-23(4,5)21(11-16(2)3)19-8-7-18-13-20(10-9-17(18)12-19)32-14-22(31)33-15-24(26,27)25(28,29)30/h7-10,12-13,16,21H,6,11,14-15H2,1-5H3. The predicted molar refractivity (Wildman–Crippen MR) is 118 cm³/mol. The topological polar surface area (TPSA) is 35.5 Å². The van der Waals surface area contributed by atoms with Crippen molar-refractivity contribution in [2.75, 3.05) is 13.2 Å². The van der Waals surface area contributed by atoms with Crippen LogP contribution in [-0.4, -0.2) is 31.3 Å². The molecule has 2 aromatic rings. The van der Waals surface area contributed by atoms with Gasteiger partial charge in [-0.3, -0.25) is 0 Å². The zero-order chi connectivity index (χ0) is 25.0. The Morgan fingerprint density at radius 3 is 2.15 bits per heavy atom. The third kappa shape index (κ3) is 7.05. The van der Waals surface area contributed by atoms with Gasteiger partial charge in [0.05, 0.1) is 0 Å². The van der Waals surface area contributed by atoms with Crippen LogP contribution < -0.4 is 4.74 Å². The van der Waals surface area contributed by atoms with Gasteiger partial charge in [0.2, 0.25) is 0 Å². The second-order valence-corrected chi connectivity index (χ2v) is 9.44. The Kier molecular flexibility index (Phi) is 8.36. The summed E-state index contributed by atoms with van der Waals surface area (Å²) >= 11 is 0. The number of ether oxygens (including phenoxy) is 2. The SMILES string of the molecule is CCC(C)(C)C(CC(C)C)c1ccc2cc(OCC(=O)OCC(F)(F)C(F)(F)F)ccc2c1. The van der Waals surface area contributed by atoms with Gasteiger partial charge in [0.1, 0.15) is 5.75 Å². The van der Waals surface area contributed by atoms with Gasteiger partial charge in [-0.25, -0.2) is 4.79 Å². The van der Waals surface area contributed by atoms with Crippen LogP contribution in [0, 0.1) is 11.3 Å². The Morgan fingerprint density at radius 1 is 0.970 bits per heavy atom. The van der Waals surface area contributed by atoms with Crippen LogP contribution in [0.2, 0.25) is 0 Å². The van der Waals surface area contributed by atoms with Gasteiger partial charge in [0.15, 0.2) is 13.2 Å². The number of alkyl halides is 5. The number of rotatable bonds is 10. The maximum absolute atomic E-state index is 12.8. The van der Waals surface area contributed by atoms with Crippen LogP contribution in [0.5, 0.6) is 5.75 Å². The summed E-state index contributed by atoms with van der Waals surface area (Å²) in [7, 11) is 0. The van der Waals surface area contributed by atoms with Crippen LogP contribution in [0.1, 0.15) is 58.9 Å². The van der Waals surface area contributed by atoms with Gasteiger partial charge in [-0.2, -0.15) is 22.0 Å². The molecule has 0 aliphatic rings. The molecular formula is C25H31F5O3. The van der Waals surface area contributed by atoms with Gasteiger partial charge >= 0.3 is 18.1 Å². The lowest BCUT2D eigenvalue weighted by Gasteiger charge is -2.35. The molecule has 0 heterocycles. The van der Waals surface area contributed by atoms with E-state index in [1.54, 1.807) is 12.1 Å². The fraction of sp³-hybridized carbons (Fsp3) is 0.560. The molecular weight excluding hydrogens is 443 g/mol. The molecule has 0 radical (unpaired) electrons. The summed E-state index contributed by atoms with van der Waals surface area (Å²) < 4.78 is 71.3. The van der Waals surface area contributed by atoms with E-state index in [9.17, 15) is 26.7 Å². The van der Waals surface area contributed by atoms with Crippen molar-refractivity contribution in [3.05, 3.63) is 42.0 Å². The molecule has 0 amide bonds. The first-order chi connectivity index (χ1) is 15.2. The number of carbonyl (C=O) groups excluding carboxylic acids is 1. The number of halogens is 5.